The highest BCUT2D eigenvalue weighted by Gasteiger charge is 2.13. The summed E-state index contributed by atoms with van der Waals surface area (Å²) in [6.07, 6.45) is 2.29. The van der Waals surface area contributed by atoms with Gasteiger partial charge in [-0.05, 0) is 43.9 Å². The summed E-state index contributed by atoms with van der Waals surface area (Å²) >= 11 is 0. The second kappa shape index (κ2) is 8.37. The molecule has 1 aromatic rings. The van der Waals surface area contributed by atoms with Gasteiger partial charge in [0.2, 0.25) is 0 Å². The molecule has 1 heterocycles. The van der Waals surface area contributed by atoms with E-state index in [1.165, 1.54) is 29.7 Å². The van der Waals surface area contributed by atoms with Crippen molar-refractivity contribution in [2.24, 2.45) is 0 Å². The van der Waals surface area contributed by atoms with Crippen molar-refractivity contribution in [2.45, 2.75) is 39.5 Å². The summed E-state index contributed by atoms with van der Waals surface area (Å²) in [6.45, 7) is 8.08. The molecule has 1 aliphatic rings. The number of hydrogen-bond donors (Lipinski definition) is 1. The van der Waals surface area contributed by atoms with Gasteiger partial charge in [0.05, 0.1) is 0 Å². The lowest BCUT2D eigenvalue weighted by molar-refractivity contribution is -0.133. The van der Waals surface area contributed by atoms with Crippen molar-refractivity contribution in [2.75, 3.05) is 38.3 Å². The van der Waals surface area contributed by atoms with Gasteiger partial charge in [-0.1, -0.05) is 12.1 Å². The van der Waals surface area contributed by atoms with Crippen molar-refractivity contribution < 1.29 is 9.47 Å². The topological polar surface area (TPSA) is 33.7 Å². The van der Waals surface area contributed by atoms with E-state index >= 15 is 0 Å². The Kier molecular flexibility index (Phi) is 6.49. The Morgan fingerprint density at radius 2 is 2.00 bits per heavy atom. The van der Waals surface area contributed by atoms with Crippen molar-refractivity contribution in [3.8, 4) is 0 Å². The summed E-state index contributed by atoms with van der Waals surface area (Å²) in [5.41, 5.74) is 4.18. The van der Waals surface area contributed by atoms with E-state index in [0.29, 0.717) is 13.2 Å². The van der Waals surface area contributed by atoms with Crippen LogP contribution in [0.15, 0.2) is 18.2 Å². The zero-order chi connectivity index (χ0) is 15.1. The molecule has 0 bridgehead atoms. The molecule has 1 N–H and O–H groups in total. The molecule has 4 heteroatoms. The molecule has 0 fully saturated rings. The first-order valence-corrected chi connectivity index (χ1v) is 8.01. The number of aryl methyl sites for hydroxylation is 1. The van der Waals surface area contributed by atoms with Crippen molar-refractivity contribution in [3.63, 3.8) is 0 Å². The van der Waals surface area contributed by atoms with E-state index in [1.54, 1.807) is 0 Å². The second-order valence-corrected chi connectivity index (χ2v) is 5.46. The Hall–Kier alpha value is -1.10. The van der Waals surface area contributed by atoms with Crippen molar-refractivity contribution in [1.82, 2.24) is 5.32 Å². The third-order valence-electron chi connectivity index (χ3n) is 3.84. The van der Waals surface area contributed by atoms with Crippen LogP contribution in [0.2, 0.25) is 0 Å². The van der Waals surface area contributed by atoms with Crippen LogP contribution in [0.25, 0.3) is 0 Å². The van der Waals surface area contributed by atoms with E-state index in [-0.39, 0.29) is 6.29 Å². The Bertz CT molecular complexity index is 431. The van der Waals surface area contributed by atoms with Crippen LogP contribution < -0.4 is 10.2 Å². The van der Waals surface area contributed by atoms with Crippen LogP contribution in [0.4, 0.5) is 5.69 Å². The minimum Gasteiger partial charge on any atom is -0.374 e. The molecule has 2 rings (SSSR count). The highest BCUT2D eigenvalue weighted by Crippen LogP contribution is 2.26. The Morgan fingerprint density at radius 3 is 2.71 bits per heavy atom. The van der Waals surface area contributed by atoms with Crippen LogP contribution in [0.3, 0.4) is 0 Å². The summed E-state index contributed by atoms with van der Waals surface area (Å²) in [5.74, 6) is 0. The van der Waals surface area contributed by atoms with Gasteiger partial charge in [0.15, 0.2) is 6.29 Å². The quantitative estimate of drug-likeness (QED) is 0.747. The van der Waals surface area contributed by atoms with Gasteiger partial charge in [-0.25, -0.2) is 0 Å². The maximum atomic E-state index is 5.53. The molecule has 4 nitrogen and oxygen atoms in total. The van der Waals surface area contributed by atoms with Crippen molar-refractivity contribution >= 4 is 5.69 Å². The molecule has 0 aromatic heterocycles. The fourth-order valence-corrected chi connectivity index (χ4v) is 2.82. The van der Waals surface area contributed by atoms with E-state index in [4.69, 9.17) is 9.47 Å². The summed E-state index contributed by atoms with van der Waals surface area (Å²) in [5, 5.41) is 3.43. The lowest BCUT2D eigenvalue weighted by Crippen LogP contribution is -2.31. The van der Waals surface area contributed by atoms with E-state index in [9.17, 15) is 0 Å². The predicted molar refractivity (Wildman–Crippen MR) is 86.8 cm³/mol. The van der Waals surface area contributed by atoms with Gasteiger partial charge in [-0.3, -0.25) is 0 Å². The first kappa shape index (κ1) is 16.3. The summed E-state index contributed by atoms with van der Waals surface area (Å²) in [7, 11) is 2.17. The van der Waals surface area contributed by atoms with Gasteiger partial charge in [0.1, 0.15) is 0 Å². The van der Waals surface area contributed by atoms with E-state index in [1.807, 2.05) is 13.8 Å². The molecule has 21 heavy (non-hydrogen) atoms. The zero-order valence-electron chi connectivity index (χ0n) is 13.5. The molecule has 0 radical (unpaired) electrons. The molecule has 0 unspecified atom stereocenters. The molecule has 0 atom stereocenters. The molecule has 118 valence electrons. The first-order chi connectivity index (χ1) is 10.2. The number of ether oxygens (including phenoxy) is 2. The zero-order valence-corrected chi connectivity index (χ0v) is 13.5. The van der Waals surface area contributed by atoms with Crippen LogP contribution in [-0.4, -0.2) is 39.6 Å². The highest BCUT2D eigenvalue weighted by molar-refractivity contribution is 5.56. The van der Waals surface area contributed by atoms with Crippen molar-refractivity contribution in [1.29, 1.82) is 0 Å². The van der Waals surface area contributed by atoms with Gasteiger partial charge in [0, 0.05) is 45.6 Å². The normalized spacial score (nSPS) is 14.6. The molecule has 1 aliphatic heterocycles. The number of nitrogens with zero attached hydrogens (tertiary/aromatic N) is 1. The Labute approximate surface area is 128 Å². The average molecular weight is 292 g/mol. The maximum absolute atomic E-state index is 5.53. The number of benzene rings is 1. The number of rotatable bonds is 8. The number of fused-ring (bicyclic) bond motifs is 1. The van der Waals surface area contributed by atoms with Crippen LogP contribution >= 0.6 is 0 Å². The smallest absolute Gasteiger partial charge is 0.169 e. The Balaban J connectivity index is 1.86. The number of hydrogen-bond acceptors (Lipinski definition) is 4. The van der Waals surface area contributed by atoms with Gasteiger partial charge in [0.25, 0.3) is 0 Å². The summed E-state index contributed by atoms with van der Waals surface area (Å²) in [4.78, 5) is 2.34. The molecule has 0 amide bonds. The highest BCUT2D eigenvalue weighted by atomic mass is 16.7. The molecule has 1 aromatic carbocycles. The number of nitrogens with one attached hydrogen (secondary N) is 1. The molecule has 0 saturated carbocycles. The second-order valence-electron chi connectivity index (χ2n) is 5.46. The van der Waals surface area contributed by atoms with Gasteiger partial charge < -0.3 is 19.7 Å². The summed E-state index contributed by atoms with van der Waals surface area (Å²) < 4.78 is 11.1. The van der Waals surface area contributed by atoms with Crippen LogP contribution in [0.1, 0.15) is 31.4 Å². The van der Waals surface area contributed by atoms with Crippen LogP contribution in [-0.2, 0) is 22.4 Å². The summed E-state index contributed by atoms with van der Waals surface area (Å²) in [6, 6.07) is 6.78. The molecule has 0 aliphatic carbocycles. The van der Waals surface area contributed by atoms with Crippen LogP contribution in [0, 0.1) is 0 Å². The minimum atomic E-state index is -0.149. The predicted octanol–water partition coefficient (Wildman–Crippen LogP) is 2.56. The maximum Gasteiger partial charge on any atom is 0.169 e. The van der Waals surface area contributed by atoms with Crippen molar-refractivity contribution in [3.05, 3.63) is 29.3 Å². The largest absolute Gasteiger partial charge is 0.374 e. The van der Waals surface area contributed by atoms with E-state index in [2.05, 4.69) is 35.5 Å². The first-order valence-electron chi connectivity index (χ1n) is 8.01. The lowest BCUT2D eigenvalue weighted by atomic mass is 9.99. The third kappa shape index (κ3) is 4.70. The average Bonchev–Trinajstić information content (AvgIpc) is 2.48. The fraction of sp³-hybridized carbons (Fsp3) is 0.647. The van der Waals surface area contributed by atoms with Gasteiger partial charge in [-0.15, -0.1) is 0 Å². The third-order valence-corrected chi connectivity index (χ3v) is 3.84. The monoisotopic (exact) mass is 292 g/mol. The minimum absolute atomic E-state index is 0.149. The fourth-order valence-electron chi connectivity index (χ4n) is 2.82. The molecule has 0 saturated heterocycles. The van der Waals surface area contributed by atoms with Gasteiger partial charge in [-0.2, -0.15) is 0 Å². The standard InChI is InChI=1S/C17H28N2O2/c1-4-20-17(21-5-2)13-18-12-14-8-9-16-15(11-14)7-6-10-19(16)3/h8-9,11,17-18H,4-7,10,12-13H2,1-3H3. The number of anilines is 1. The Morgan fingerprint density at radius 1 is 1.24 bits per heavy atom. The molecule has 0 spiro atoms. The molecular formula is C17H28N2O2. The lowest BCUT2D eigenvalue weighted by Gasteiger charge is -2.28. The van der Waals surface area contributed by atoms with Gasteiger partial charge >= 0.3 is 0 Å². The SMILES string of the molecule is CCOC(CNCc1ccc2c(c1)CCCN2C)OCC. The molecular weight excluding hydrogens is 264 g/mol. The van der Waals surface area contributed by atoms with Crippen LogP contribution in [0.5, 0.6) is 0 Å². The van der Waals surface area contributed by atoms with E-state index < -0.39 is 0 Å². The van der Waals surface area contributed by atoms with E-state index in [0.717, 1.165) is 19.6 Å².